The lowest BCUT2D eigenvalue weighted by molar-refractivity contribution is -0.142. The van der Waals surface area contributed by atoms with Crippen LogP contribution in [-0.2, 0) is 11.3 Å². The van der Waals surface area contributed by atoms with Gasteiger partial charge in [-0.15, -0.1) is 0 Å². The van der Waals surface area contributed by atoms with Gasteiger partial charge in [0.2, 0.25) is 5.95 Å². The standard InChI is InChI=1S/C19H24N4O3/c1-13-11-17(23-9-7-14(8-10-23)18(24)25)22-19(21-13)20-12-15-5-3-4-6-16(15)26-2/h3-6,11,14H,7-10,12H2,1-2H3,(H,24,25)(H,20,21,22). The van der Waals surface area contributed by atoms with E-state index in [9.17, 15) is 4.79 Å². The third kappa shape index (κ3) is 4.22. The molecule has 0 radical (unpaired) electrons. The second-order valence-electron chi connectivity index (χ2n) is 6.46. The number of aryl methyl sites for hydroxylation is 1. The van der Waals surface area contributed by atoms with Crippen LogP contribution in [0.25, 0.3) is 0 Å². The molecule has 2 aromatic rings. The molecule has 7 heteroatoms. The molecule has 138 valence electrons. The van der Waals surface area contributed by atoms with Crippen LogP contribution in [0, 0.1) is 12.8 Å². The number of benzene rings is 1. The number of carbonyl (C=O) groups is 1. The molecule has 1 aliphatic heterocycles. The number of methoxy groups -OCH3 is 1. The van der Waals surface area contributed by atoms with E-state index >= 15 is 0 Å². The van der Waals surface area contributed by atoms with E-state index in [1.165, 1.54) is 0 Å². The Morgan fingerprint density at radius 2 is 2.04 bits per heavy atom. The molecule has 3 rings (SSSR count). The Balaban J connectivity index is 1.69. The van der Waals surface area contributed by atoms with Crippen molar-refractivity contribution in [2.75, 3.05) is 30.4 Å². The highest BCUT2D eigenvalue weighted by atomic mass is 16.5. The molecule has 0 unspecified atom stereocenters. The maximum Gasteiger partial charge on any atom is 0.306 e. The molecule has 1 aromatic heterocycles. The van der Waals surface area contributed by atoms with Gasteiger partial charge in [0.25, 0.3) is 0 Å². The summed E-state index contributed by atoms with van der Waals surface area (Å²) in [6.45, 7) is 3.89. The number of aliphatic carboxylic acids is 1. The molecule has 1 aliphatic rings. The van der Waals surface area contributed by atoms with Crippen molar-refractivity contribution in [3.63, 3.8) is 0 Å². The molecule has 1 aromatic carbocycles. The number of carboxylic acids is 1. The first-order valence-electron chi connectivity index (χ1n) is 8.76. The molecule has 0 atom stereocenters. The van der Waals surface area contributed by atoms with Crippen LogP contribution in [0.3, 0.4) is 0 Å². The first-order valence-corrected chi connectivity index (χ1v) is 8.76. The van der Waals surface area contributed by atoms with Gasteiger partial charge in [-0.05, 0) is 25.8 Å². The number of nitrogens with zero attached hydrogens (tertiary/aromatic N) is 3. The van der Waals surface area contributed by atoms with E-state index < -0.39 is 5.97 Å². The molecule has 0 amide bonds. The molecular formula is C19H24N4O3. The number of piperidine rings is 1. The molecule has 0 aliphatic carbocycles. The normalized spacial score (nSPS) is 14.9. The lowest BCUT2D eigenvalue weighted by Crippen LogP contribution is -2.37. The maximum absolute atomic E-state index is 11.1. The zero-order valence-electron chi connectivity index (χ0n) is 15.1. The van der Waals surface area contributed by atoms with Gasteiger partial charge in [0.05, 0.1) is 13.0 Å². The van der Waals surface area contributed by atoms with Gasteiger partial charge in [-0.25, -0.2) is 4.98 Å². The number of carboxylic acid groups (broad SMARTS) is 1. The van der Waals surface area contributed by atoms with Gasteiger partial charge in [0.15, 0.2) is 0 Å². The summed E-state index contributed by atoms with van der Waals surface area (Å²) in [7, 11) is 1.65. The second-order valence-corrected chi connectivity index (χ2v) is 6.46. The number of para-hydroxylation sites is 1. The average Bonchev–Trinajstić information content (AvgIpc) is 2.66. The summed E-state index contributed by atoms with van der Waals surface area (Å²) in [5.41, 5.74) is 1.90. The number of hydrogen-bond donors (Lipinski definition) is 2. The number of nitrogens with one attached hydrogen (secondary N) is 1. The molecule has 0 saturated carbocycles. The molecule has 7 nitrogen and oxygen atoms in total. The van der Waals surface area contributed by atoms with Crippen LogP contribution in [0.1, 0.15) is 24.1 Å². The zero-order valence-corrected chi connectivity index (χ0v) is 15.1. The van der Waals surface area contributed by atoms with E-state index in [1.807, 2.05) is 37.3 Å². The number of hydrogen-bond acceptors (Lipinski definition) is 6. The second kappa shape index (κ2) is 8.03. The van der Waals surface area contributed by atoms with Crippen LogP contribution in [-0.4, -0.2) is 41.2 Å². The number of anilines is 2. The van der Waals surface area contributed by atoms with Gasteiger partial charge >= 0.3 is 5.97 Å². The van der Waals surface area contributed by atoms with Gasteiger partial charge in [-0.2, -0.15) is 4.98 Å². The van der Waals surface area contributed by atoms with Crippen molar-refractivity contribution < 1.29 is 14.6 Å². The molecular weight excluding hydrogens is 332 g/mol. The van der Waals surface area contributed by atoms with E-state index in [0.29, 0.717) is 38.4 Å². The molecule has 0 bridgehead atoms. The SMILES string of the molecule is COc1ccccc1CNc1nc(C)cc(N2CCC(C(=O)O)CC2)n1. The van der Waals surface area contributed by atoms with Crippen molar-refractivity contribution in [2.45, 2.75) is 26.3 Å². The quantitative estimate of drug-likeness (QED) is 0.823. The predicted octanol–water partition coefficient (Wildman–Crippen LogP) is 2.71. The van der Waals surface area contributed by atoms with Crippen LogP contribution >= 0.6 is 0 Å². The molecule has 1 saturated heterocycles. The Hall–Kier alpha value is -2.83. The number of ether oxygens (including phenoxy) is 1. The lowest BCUT2D eigenvalue weighted by Gasteiger charge is -2.31. The Morgan fingerprint density at radius 1 is 1.31 bits per heavy atom. The predicted molar refractivity (Wildman–Crippen MR) is 99.7 cm³/mol. The fourth-order valence-electron chi connectivity index (χ4n) is 3.17. The highest BCUT2D eigenvalue weighted by Gasteiger charge is 2.25. The summed E-state index contributed by atoms with van der Waals surface area (Å²) in [6.07, 6.45) is 1.28. The van der Waals surface area contributed by atoms with Gasteiger partial charge in [0.1, 0.15) is 11.6 Å². The van der Waals surface area contributed by atoms with Crippen LogP contribution in [0.5, 0.6) is 5.75 Å². The number of rotatable bonds is 6. The molecule has 2 N–H and O–H groups in total. The summed E-state index contributed by atoms with van der Waals surface area (Å²) in [6, 6.07) is 9.76. The Labute approximate surface area is 153 Å². The van der Waals surface area contributed by atoms with Crippen molar-refractivity contribution >= 4 is 17.7 Å². The third-order valence-electron chi connectivity index (χ3n) is 4.64. The van der Waals surface area contributed by atoms with Crippen LogP contribution < -0.4 is 15.0 Å². The van der Waals surface area contributed by atoms with E-state index in [4.69, 9.17) is 9.84 Å². The topological polar surface area (TPSA) is 87.6 Å². The van der Waals surface area contributed by atoms with Crippen molar-refractivity contribution in [2.24, 2.45) is 5.92 Å². The first-order chi connectivity index (χ1) is 12.6. The summed E-state index contributed by atoms with van der Waals surface area (Å²) >= 11 is 0. The Kier molecular flexibility index (Phi) is 5.55. The van der Waals surface area contributed by atoms with Gasteiger partial charge in [-0.3, -0.25) is 4.79 Å². The summed E-state index contributed by atoms with van der Waals surface area (Å²) in [5.74, 6) is 1.26. The van der Waals surface area contributed by atoms with Crippen molar-refractivity contribution in [1.29, 1.82) is 0 Å². The van der Waals surface area contributed by atoms with Crippen LogP contribution in [0.15, 0.2) is 30.3 Å². The van der Waals surface area contributed by atoms with E-state index in [1.54, 1.807) is 7.11 Å². The Morgan fingerprint density at radius 3 is 2.73 bits per heavy atom. The zero-order chi connectivity index (χ0) is 18.5. The first kappa shape index (κ1) is 18.0. The molecule has 26 heavy (non-hydrogen) atoms. The fraction of sp³-hybridized carbons (Fsp3) is 0.421. The molecule has 1 fully saturated rings. The highest BCUT2D eigenvalue weighted by molar-refractivity contribution is 5.70. The van der Waals surface area contributed by atoms with E-state index in [-0.39, 0.29) is 5.92 Å². The monoisotopic (exact) mass is 356 g/mol. The van der Waals surface area contributed by atoms with Gasteiger partial charge < -0.3 is 20.1 Å². The number of aromatic nitrogens is 2. The summed E-state index contributed by atoms with van der Waals surface area (Å²) < 4.78 is 5.37. The average molecular weight is 356 g/mol. The van der Waals surface area contributed by atoms with Crippen molar-refractivity contribution in [1.82, 2.24) is 9.97 Å². The molecule has 0 spiro atoms. The minimum atomic E-state index is -0.706. The van der Waals surface area contributed by atoms with Crippen LogP contribution in [0.2, 0.25) is 0 Å². The minimum absolute atomic E-state index is 0.252. The van der Waals surface area contributed by atoms with Gasteiger partial charge in [-0.1, -0.05) is 18.2 Å². The minimum Gasteiger partial charge on any atom is -0.496 e. The largest absolute Gasteiger partial charge is 0.496 e. The Bertz CT molecular complexity index is 773. The smallest absolute Gasteiger partial charge is 0.306 e. The maximum atomic E-state index is 11.1. The third-order valence-corrected chi connectivity index (χ3v) is 4.64. The van der Waals surface area contributed by atoms with E-state index in [0.717, 1.165) is 22.8 Å². The summed E-state index contributed by atoms with van der Waals surface area (Å²) in [4.78, 5) is 22.3. The summed E-state index contributed by atoms with van der Waals surface area (Å²) in [5, 5.41) is 12.4. The van der Waals surface area contributed by atoms with Crippen molar-refractivity contribution in [3.05, 3.63) is 41.6 Å². The van der Waals surface area contributed by atoms with Gasteiger partial charge in [0, 0.05) is 37.0 Å². The van der Waals surface area contributed by atoms with E-state index in [2.05, 4.69) is 20.2 Å². The fourth-order valence-corrected chi connectivity index (χ4v) is 3.17. The molecule has 2 heterocycles. The van der Waals surface area contributed by atoms with Crippen LogP contribution in [0.4, 0.5) is 11.8 Å². The lowest BCUT2D eigenvalue weighted by atomic mass is 9.97. The van der Waals surface area contributed by atoms with Crippen molar-refractivity contribution in [3.8, 4) is 5.75 Å². The highest BCUT2D eigenvalue weighted by Crippen LogP contribution is 2.24.